The van der Waals surface area contributed by atoms with E-state index in [4.69, 9.17) is 4.74 Å². The third kappa shape index (κ3) is 6.01. The van der Waals surface area contributed by atoms with Crippen LogP contribution in [0, 0.1) is 0 Å². The molecule has 0 unspecified atom stereocenters. The molecule has 0 aromatic heterocycles. The summed E-state index contributed by atoms with van der Waals surface area (Å²) in [5, 5.41) is 2.75. The molecule has 0 bridgehead atoms. The molecule has 1 aliphatic carbocycles. The van der Waals surface area contributed by atoms with E-state index in [1.165, 1.54) is 16.7 Å². The zero-order valence-corrected chi connectivity index (χ0v) is 16.8. The maximum atomic E-state index is 12.2. The molecule has 152 valence electrons. The Hall–Kier alpha value is -2.95. The smallest absolute Gasteiger partial charge is 0.306 e. The molecule has 0 spiro atoms. The van der Waals surface area contributed by atoms with Gasteiger partial charge in [-0.3, -0.25) is 14.4 Å². The minimum Gasteiger partial charge on any atom is -0.456 e. The topological polar surface area (TPSA) is 72.5 Å². The summed E-state index contributed by atoms with van der Waals surface area (Å²) in [6.45, 7) is 1.76. The summed E-state index contributed by atoms with van der Waals surface area (Å²) in [7, 11) is 0. The number of aryl methyl sites for hydroxylation is 3. The first-order chi connectivity index (χ1) is 14.0. The summed E-state index contributed by atoms with van der Waals surface area (Å²) in [6, 6.07) is 13.4. The number of benzene rings is 2. The quantitative estimate of drug-likeness (QED) is 0.510. The number of rotatable bonds is 9. The first-order valence-corrected chi connectivity index (χ1v) is 10.2. The summed E-state index contributed by atoms with van der Waals surface area (Å²) in [5.41, 5.74) is 5.10. The Morgan fingerprint density at radius 3 is 2.48 bits per heavy atom. The van der Waals surface area contributed by atoms with Crippen molar-refractivity contribution in [3.8, 4) is 0 Å². The van der Waals surface area contributed by atoms with Crippen LogP contribution >= 0.6 is 0 Å². The number of ketones is 1. The fourth-order valence-corrected chi connectivity index (χ4v) is 3.57. The predicted molar refractivity (Wildman–Crippen MR) is 112 cm³/mol. The van der Waals surface area contributed by atoms with Crippen molar-refractivity contribution in [3.63, 3.8) is 0 Å². The van der Waals surface area contributed by atoms with Gasteiger partial charge in [0.15, 0.2) is 12.4 Å². The number of nitrogens with one attached hydrogen (secondary N) is 1. The number of carbonyl (C=O) groups is 3. The molecule has 5 heteroatoms. The SMILES string of the molecule is CCCc1ccc(C(=O)CCC(=O)OCC(=O)Nc2ccc3c(c2)CCC3)cc1. The second-order valence-electron chi connectivity index (χ2n) is 7.42. The number of Topliss-reactive ketones (excluding diaryl/α,β-unsaturated/α-hetero) is 1. The Bertz CT molecular complexity index is 886. The van der Waals surface area contributed by atoms with E-state index in [-0.39, 0.29) is 31.1 Å². The van der Waals surface area contributed by atoms with E-state index in [2.05, 4.69) is 12.2 Å². The minimum absolute atomic E-state index is 0.0400. The first-order valence-electron chi connectivity index (χ1n) is 10.2. The van der Waals surface area contributed by atoms with Crippen molar-refractivity contribution in [2.24, 2.45) is 0 Å². The van der Waals surface area contributed by atoms with Crippen molar-refractivity contribution in [2.45, 2.75) is 51.9 Å². The van der Waals surface area contributed by atoms with Gasteiger partial charge in [-0.05, 0) is 54.5 Å². The van der Waals surface area contributed by atoms with E-state index in [0.717, 1.165) is 32.1 Å². The summed E-state index contributed by atoms with van der Waals surface area (Å²) in [5.74, 6) is -1.04. The van der Waals surface area contributed by atoms with Gasteiger partial charge in [0, 0.05) is 17.7 Å². The molecular weight excluding hydrogens is 366 g/mol. The van der Waals surface area contributed by atoms with Crippen LogP contribution in [0.25, 0.3) is 0 Å². The standard InChI is InChI=1S/C24H27NO4/c1-2-4-17-7-9-19(10-8-17)22(26)13-14-24(28)29-16-23(27)25-21-12-11-18-5-3-6-20(18)15-21/h7-12,15H,2-6,13-14,16H2,1H3,(H,25,27). The van der Waals surface area contributed by atoms with Crippen molar-refractivity contribution >= 4 is 23.3 Å². The van der Waals surface area contributed by atoms with Crippen molar-refractivity contribution in [3.05, 3.63) is 64.7 Å². The molecule has 3 rings (SSSR count). The molecule has 0 fully saturated rings. The van der Waals surface area contributed by atoms with Crippen LogP contribution in [-0.4, -0.2) is 24.3 Å². The summed E-state index contributed by atoms with van der Waals surface area (Å²) in [4.78, 5) is 36.1. The van der Waals surface area contributed by atoms with Gasteiger partial charge in [0.05, 0.1) is 6.42 Å². The molecule has 0 atom stereocenters. The van der Waals surface area contributed by atoms with Gasteiger partial charge < -0.3 is 10.1 Å². The molecule has 29 heavy (non-hydrogen) atoms. The molecule has 5 nitrogen and oxygen atoms in total. The molecular formula is C24H27NO4. The van der Waals surface area contributed by atoms with E-state index >= 15 is 0 Å². The molecule has 0 aliphatic heterocycles. The number of esters is 1. The van der Waals surface area contributed by atoms with E-state index in [9.17, 15) is 14.4 Å². The Morgan fingerprint density at radius 2 is 1.72 bits per heavy atom. The van der Waals surface area contributed by atoms with Gasteiger partial charge in [-0.25, -0.2) is 0 Å². The zero-order valence-electron chi connectivity index (χ0n) is 16.8. The summed E-state index contributed by atoms with van der Waals surface area (Å²) >= 11 is 0. The molecule has 0 radical (unpaired) electrons. The lowest BCUT2D eigenvalue weighted by Crippen LogP contribution is -2.21. The monoisotopic (exact) mass is 393 g/mol. The molecule has 1 N–H and O–H groups in total. The number of carbonyl (C=O) groups excluding carboxylic acids is 3. The number of anilines is 1. The third-order valence-corrected chi connectivity index (χ3v) is 5.12. The highest BCUT2D eigenvalue weighted by Gasteiger charge is 2.14. The van der Waals surface area contributed by atoms with Crippen molar-refractivity contribution in [1.82, 2.24) is 0 Å². The van der Waals surface area contributed by atoms with Crippen LogP contribution in [0.15, 0.2) is 42.5 Å². The number of fused-ring (bicyclic) bond motifs is 1. The fourth-order valence-electron chi connectivity index (χ4n) is 3.57. The molecule has 2 aromatic rings. The maximum Gasteiger partial charge on any atom is 0.306 e. The lowest BCUT2D eigenvalue weighted by atomic mass is 10.0. The Balaban J connectivity index is 1.39. The molecule has 2 aromatic carbocycles. The van der Waals surface area contributed by atoms with Crippen molar-refractivity contribution < 1.29 is 19.1 Å². The van der Waals surface area contributed by atoms with Gasteiger partial charge in [-0.15, -0.1) is 0 Å². The second kappa shape index (κ2) is 10.0. The Kier molecular flexibility index (Phi) is 7.17. The van der Waals surface area contributed by atoms with E-state index in [1.54, 1.807) is 12.1 Å². The fraction of sp³-hybridized carbons (Fsp3) is 0.375. The second-order valence-corrected chi connectivity index (χ2v) is 7.42. The highest BCUT2D eigenvalue weighted by atomic mass is 16.5. The van der Waals surface area contributed by atoms with Crippen LogP contribution < -0.4 is 5.32 Å². The van der Waals surface area contributed by atoms with Crippen LogP contribution in [0.5, 0.6) is 0 Å². The van der Waals surface area contributed by atoms with Crippen LogP contribution in [0.3, 0.4) is 0 Å². The normalized spacial score (nSPS) is 12.3. The Labute approximate surface area is 171 Å². The molecule has 0 saturated carbocycles. The van der Waals surface area contributed by atoms with E-state index in [0.29, 0.717) is 11.3 Å². The van der Waals surface area contributed by atoms with Gasteiger partial charge in [0.2, 0.25) is 0 Å². The first kappa shape index (κ1) is 20.8. The van der Waals surface area contributed by atoms with E-state index < -0.39 is 5.97 Å². The largest absolute Gasteiger partial charge is 0.456 e. The molecule has 1 aliphatic rings. The van der Waals surface area contributed by atoms with Gasteiger partial charge >= 0.3 is 5.97 Å². The number of hydrogen-bond donors (Lipinski definition) is 1. The van der Waals surface area contributed by atoms with Gasteiger partial charge in [-0.2, -0.15) is 0 Å². The van der Waals surface area contributed by atoms with Crippen molar-refractivity contribution in [2.75, 3.05) is 11.9 Å². The zero-order chi connectivity index (χ0) is 20.6. The number of amides is 1. The highest BCUT2D eigenvalue weighted by molar-refractivity contribution is 5.98. The third-order valence-electron chi connectivity index (χ3n) is 5.12. The summed E-state index contributed by atoms with van der Waals surface area (Å²) in [6.07, 6.45) is 5.33. The average molecular weight is 393 g/mol. The maximum absolute atomic E-state index is 12.2. The Morgan fingerprint density at radius 1 is 0.966 bits per heavy atom. The van der Waals surface area contributed by atoms with Gasteiger partial charge in [-0.1, -0.05) is 43.7 Å². The molecule has 0 heterocycles. The van der Waals surface area contributed by atoms with Crippen LogP contribution in [0.4, 0.5) is 5.69 Å². The minimum atomic E-state index is -0.551. The molecule has 0 saturated heterocycles. The van der Waals surface area contributed by atoms with E-state index in [1.807, 2.05) is 30.3 Å². The summed E-state index contributed by atoms with van der Waals surface area (Å²) < 4.78 is 5.00. The van der Waals surface area contributed by atoms with Crippen LogP contribution in [0.1, 0.15) is 59.7 Å². The average Bonchev–Trinajstić information content (AvgIpc) is 3.19. The van der Waals surface area contributed by atoms with Gasteiger partial charge in [0.1, 0.15) is 0 Å². The number of ether oxygens (including phenoxy) is 1. The van der Waals surface area contributed by atoms with Crippen LogP contribution in [0.2, 0.25) is 0 Å². The number of hydrogen-bond acceptors (Lipinski definition) is 4. The molecule has 1 amide bonds. The highest BCUT2D eigenvalue weighted by Crippen LogP contribution is 2.24. The van der Waals surface area contributed by atoms with Gasteiger partial charge in [0.25, 0.3) is 5.91 Å². The lowest BCUT2D eigenvalue weighted by Gasteiger charge is -2.08. The van der Waals surface area contributed by atoms with Crippen molar-refractivity contribution in [1.29, 1.82) is 0 Å². The predicted octanol–water partition coefficient (Wildman–Crippen LogP) is 4.27. The van der Waals surface area contributed by atoms with Crippen LogP contribution in [-0.2, 0) is 33.6 Å². The lowest BCUT2D eigenvalue weighted by molar-refractivity contribution is -0.147.